The largest absolute Gasteiger partial charge is 0.481 e. The van der Waals surface area contributed by atoms with Gasteiger partial charge >= 0.3 is 0 Å². The van der Waals surface area contributed by atoms with E-state index in [2.05, 4.69) is 10.3 Å². The Morgan fingerprint density at radius 3 is 2.94 bits per heavy atom. The number of nitrogens with zero attached hydrogens (tertiary/aromatic N) is 1. The van der Waals surface area contributed by atoms with Crippen LogP contribution in [0, 0.1) is 5.92 Å². The van der Waals surface area contributed by atoms with Gasteiger partial charge in [-0.05, 0) is 12.0 Å². The first-order valence-corrected chi connectivity index (χ1v) is 6.11. The molecule has 3 N–H and O–H groups in total. The number of hydrogen-bond acceptors (Lipinski definition) is 4. The number of aromatic nitrogens is 1. The fraction of sp³-hybridized carbons (Fsp3) is 0.538. The lowest BCUT2D eigenvalue weighted by molar-refractivity contribution is -0.123. The Morgan fingerprint density at radius 2 is 2.33 bits per heavy atom. The number of hydrogen-bond donors (Lipinski definition) is 2. The number of methoxy groups -OCH3 is 1. The normalized spacial score (nSPS) is 13.8. The van der Waals surface area contributed by atoms with Crippen molar-refractivity contribution >= 4 is 5.91 Å². The number of pyridine rings is 1. The van der Waals surface area contributed by atoms with Crippen molar-refractivity contribution in [3.63, 3.8) is 0 Å². The third kappa shape index (κ3) is 3.70. The summed E-state index contributed by atoms with van der Waals surface area (Å²) < 4.78 is 5.11. The van der Waals surface area contributed by atoms with Crippen LogP contribution in [0.25, 0.3) is 0 Å². The molecule has 1 amide bonds. The van der Waals surface area contributed by atoms with Gasteiger partial charge in [0.2, 0.25) is 11.8 Å². The molecule has 18 heavy (non-hydrogen) atoms. The van der Waals surface area contributed by atoms with Crippen molar-refractivity contribution < 1.29 is 9.53 Å². The predicted molar refractivity (Wildman–Crippen MR) is 70.1 cm³/mol. The van der Waals surface area contributed by atoms with E-state index in [0.29, 0.717) is 12.4 Å². The number of carbonyl (C=O) groups excluding carboxylic acids is 1. The molecular weight excluding hydrogens is 230 g/mol. The monoisotopic (exact) mass is 251 g/mol. The first kappa shape index (κ1) is 14.4. The second-order valence-corrected chi connectivity index (χ2v) is 4.30. The van der Waals surface area contributed by atoms with Crippen LogP contribution >= 0.6 is 0 Å². The second-order valence-electron chi connectivity index (χ2n) is 4.30. The van der Waals surface area contributed by atoms with Gasteiger partial charge in [0.1, 0.15) is 0 Å². The molecule has 0 spiro atoms. The molecule has 0 aliphatic heterocycles. The predicted octanol–water partition coefficient (Wildman–Crippen LogP) is 1.08. The van der Waals surface area contributed by atoms with Gasteiger partial charge in [-0.15, -0.1) is 0 Å². The fourth-order valence-electron chi connectivity index (χ4n) is 1.55. The van der Waals surface area contributed by atoms with E-state index in [1.807, 2.05) is 19.9 Å². The molecule has 0 aliphatic carbocycles. The molecular formula is C13H21N3O2. The molecule has 1 unspecified atom stereocenters. The summed E-state index contributed by atoms with van der Waals surface area (Å²) in [5, 5.41) is 2.80. The number of amides is 1. The van der Waals surface area contributed by atoms with E-state index in [0.717, 1.165) is 12.0 Å². The van der Waals surface area contributed by atoms with Crippen LogP contribution in [-0.4, -0.2) is 24.0 Å². The smallest absolute Gasteiger partial charge is 0.237 e. The lowest BCUT2D eigenvalue weighted by Gasteiger charge is -2.18. The topological polar surface area (TPSA) is 77.2 Å². The minimum Gasteiger partial charge on any atom is -0.481 e. The molecule has 0 aliphatic rings. The molecule has 1 aromatic rings. The summed E-state index contributed by atoms with van der Waals surface area (Å²) in [5.41, 5.74) is 6.68. The molecule has 5 heteroatoms. The minimum atomic E-state index is -0.474. The van der Waals surface area contributed by atoms with Crippen LogP contribution in [-0.2, 0) is 11.3 Å². The first-order valence-electron chi connectivity index (χ1n) is 6.11. The lowest BCUT2D eigenvalue weighted by atomic mass is 9.99. The quantitative estimate of drug-likeness (QED) is 0.793. The van der Waals surface area contributed by atoms with Gasteiger partial charge in [0.15, 0.2) is 0 Å². The number of carbonyl (C=O) groups is 1. The van der Waals surface area contributed by atoms with Crippen LogP contribution < -0.4 is 15.8 Å². The average molecular weight is 251 g/mol. The van der Waals surface area contributed by atoms with Gasteiger partial charge in [0.05, 0.1) is 13.2 Å². The van der Waals surface area contributed by atoms with Gasteiger partial charge < -0.3 is 15.8 Å². The Labute approximate surface area is 108 Å². The Bertz CT molecular complexity index is 396. The molecule has 100 valence electrons. The molecule has 0 fully saturated rings. The highest BCUT2D eigenvalue weighted by molar-refractivity contribution is 5.81. The van der Waals surface area contributed by atoms with Crippen molar-refractivity contribution in [2.45, 2.75) is 32.9 Å². The van der Waals surface area contributed by atoms with Gasteiger partial charge in [-0.3, -0.25) is 4.79 Å². The minimum absolute atomic E-state index is 0.143. The summed E-state index contributed by atoms with van der Waals surface area (Å²) in [7, 11) is 1.55. The Kier molecular flexibility index (Phi) is 5.58. The molecule has 0 saturated carbocycles. The van der Waals surface area contributed by atoms with Gasteiger partial charge in [0.25, 0.3) is 0 Å². The lowest BCUT2D eigenvalue weighted by Crippen LogP contribution is -2.44. The molecule has 2 atom stereocenters. The summed E-state index contributed by atoms with van der Waals surface area (Å²) in [6.07, 6.45) is 2.53. The highest BCUT2D eigenvalue weighted by Gasteiger charge is 2.19. The van der Waals surface area contributed by atoms with E-state index in [1.165, 1.54) is 0 Å². The van der Waals surface area contributed by atoms with Crippen LogP contribution in [0.1, 0.15) is 25.8 Å². The van der Waals surface area contributed by atoms with Crippen LogP contribution in [0.15, 0.2) is 18.3 Å². The van der Waals surface area contributed by atoms with E-state index >= 15 is 0 Å². The number of rotatable bonds is 6. The molecule has 1 heterocycles. The molecule has 1 rings (SSSR count). The van der Waals surface area contributed by atoms with Crippen molar-refractivity contribution in [3.8, 4) is 5.88 Å². The standard InChI is InChI=1S/C13H21N3O2/c1-4-9(2)11(14)12(17)16-8-10-6-5-7-15-13(10)18-3/h5-7,9,11H,4,8,14H2,1-3H3,(H,16,17)/t9?,11-/m0/s1. The number of ether oxygens (including phenoxy) is 1. The van der Waals surface area contributed by atoms with Gasteiger partial charge in [-0.25, -0.2) is 4.98 Å². The van der Waals surface area contributed by atoms with E-state index in [4.69, 9.17) is 10.5 Å². The summed E-state index contributed by atoms with van der Waals surface area (Å²) in [6.45, 7) is 4.36. The van der Waals surface area contributed by atoms with Crippen molar-refractivity contribution in [2.75, 3.05) is 7.11 Å². The van der Waals surface area contributed by atoms with Gasteiger partial charge in [0, 0.05) is 18.3 Å². The third-order valence-corrected chi connectivity index (χ3v) is 3.06. The zero-order valence-corrected chi connectivity index (χ0v) is 11.1. The van der Waals surface area contributed by atoms with E-state index < -0.39 is 6.04 Å². The highest BCUT2D eigenvalue weighted by atomic mass is 16.5. The van der Waals surface area contributed by atoms with E-state index in [9.17, 15) is 4.79 Å². The molecule has 5 nitrogen and oxygen atoms in total. The van der Waals surface area contributed by atoms with Crippen molar-refractivity contribution in [1.82, 2.24) is 10.3 Å². The van der Waals surface area contributed by atoms with Gasteiger partial charge in [-0.1, -0.05) is 26.3 Å². The van der Waals surface area contributed by atoms with Gasteiger partial charge in [-0.2, -0.15) is 0 Å². The number of nitrogens with two attached hydrogens (primary N) is 1. The maximum atomic E-state index is 11.8. The van der Waals surface area contributed by atoms with Crippen molar-refractivity contribution in [1.29, 1.82) is 0 Å². The molecule has 0 radical (unpaired) electrons. The summed E-state index contributed by atoms with van der Waals surface area (Å²) in [5.74, 6) is 0.547. The molecule has 1 aromatic heterocycles. The summed E-state index contributed by atoms with van der Waals surface area (Å²) >= 11 is 0. The first-order chi connectivity index (χ1) is 8.60. The third-order valence-electron chi connectivity index (χ3n) is 3.06. The maximum absolute atomic E-state index is 11.8. The highest BCUT2D eigenvalue weighted by Crippen LogP contribution is 2.13. The zero-order valence-electron chi connectivity index (χ0n) is 11.1. The maximum Gasteiger partial charge on any atom is 0.237 e. The Balaban J connectivity index is 2.57. The van der Waals surface area contributed by atoms with E-state index in [-0.39, 0.29) is 11.8 Å². The van der Waals surface area contributed by atoms with Crippen LogP contribution in [0.5, 0.6) is 5.88 Å². The number of nitrogens with one attached hydrogen (secondary N) is 1. The van der Waals surface area contributed by atoms with Crippen LogP contribution in [0.2, 0.25) is 0 Å². The average Bonchev–Trinajstić information content (AvgIpc) is 2.43. The van der Waals surface area contributed by atoms with Crippen molar-refractivity contribution in [3.05, 3.63) is 23.9 Å². The molecule has 0 bridgehead atoms. The van der Waals surface area contributed by atoms with Crippen molar-refractivity contribution in [2.24, 2.45) is 11.7 Å². The summed E-state index contributed by atoms with van der Waals surface area (Å²) in [6, 6.07) is 3.19. The zero-order chi connectivity index (χ0) is 13.5. The van der Waals surface area contributed by atoms with Crippen LogP contribution in [0.4, 0.5) is 0 Å². The van der Waals surface area contributed by atoms with Crippen LogP contribution in [0.3, 0.4) is 0 Å². The SMILES string of the molecule is CCC(C)[C@H](N)C(=O)NCc1cccnc1OC. The Hall–Kier alpha value is -1.62. The summed E-state index contributed by atoms with van der Waals surface area (Å²) in [4.78, 5) is 15.9. The molecule has 0 saturated heterocycles. The second kappa shape index (κ2) is 6.96. The fourth-order valence-corrected chi connectivity index (χ4v) is 1.55. The van der Waals surface area contributed by atoms with E-state index in [1.54, 1.807) is 19.4 Å². The molecule has 0 aromatic carbocycles. The Morgan fingerprint density at radius 1 is 1.61 bits per heavy atom.